The minimum absolute atomic E-state index is 0.217. The zero-order valence-corrected chi connectivity index (χ0v) is 13.6. The van der Waals surface area contributed by atoms with Crippen LogP contribution in [0.15, 0.2) is 42.6 Å². The van der Waals surface area contributed by atoms with Crippen molar-refractivity contribution in [1.29, 1.82) is 0 Å². The number of carbonyl (C=O) groups excluding carboxylic acids is 1. The Hall–Kier alpha value is -2.23. The number of hydrogen-bond donors (Lipinski definition) is 1. The van der Waals surface area contributed by atoms with Crippen molar-refractivity contribution in [3.05, 3.63) is 53.9 Å². The van der Waals surface area contributed by atoms with Gasteiger partial charge in [0, 0.05) is 11.9 Å². The van der Waals surface area contributed by atoms with E-state index in [9.17, 15) is 4.79 Å². The first-order valence-electron chi connectivity index (χ1n) is 7.38. The van der Waals surface area contributed by atoms with Crippen LogP contribution in [-0.4, -0.2) is 23.7 Å². The largest absolute Gasteiger partial charge is 0.497 e. The predicted molar refractivity (Wildman–Crippen MR) is 86.1 cm³/mol. The number of rotatable bonds is 5. The van der Waals surface area contributed by atoms with Gasteiger partial charge >= 0.3 is 5.97 Å². The Kier molecular flexibility index (Phi) is 4.91. The van der Waals surface area contributed by atoms with Crippen LogP contribution >= 0.6 is 0 Å². The van der Waals surface area contributed by atoms with Crippen LogP contribution in [-0.2, 0) is 16.0 Å². The Balaban J connectivity index is 2.19. The molecule has 1 aromatic heterocycles. The Bertz CT molecular complexity index is 594. The number of ether oxygens (including phenoxy) is 2. The van der Waals surface area contributed by atoms with E-state index >= 15 is 0 Å². The summed E-state index contributed by atoms with van der Waals surface area (Å²) in [7, 11) is 1.64. The highest BCUT2D eigenvalue weighted by Gasteiger charge is 2.27. The molecule has 0 aliphatic heterocycles. The number of aromatic amines is 1. The molecule has 0 aliphatic rings. The molecule has 0 saturated heterocycles. The highest BCUT2D eigenvalue weighted by molar-refractivity contribution is 5.78. The Labute approximate surface area is 131 Å². The van der Waals surface area contributed by atoms with Gasteiger partial charge in [0.05, 0.1) is 7.11 Å². The lowest BCUT2D eigenvalue weighted by molar-refractivity contribution is -0.156. The third kappa shape index (κ3) is 4.38. The zero-order valence-electron chi connectivity index (χ0n) is 13.6. The number of esters is 1. The third-order valence-corrected chi connectivity index (χ3v) is 3.29. The maximum absolute atomic E-state index is 12.5. The van der Waals surface area contributed by atoms with Crippen molar-refractivity contribution in [2.24, 2.45) is 0 Å². The van der Waals surface area contributed by atoms with E-state index in [0.29, 0.717) is 6.42 Å². The number of hydrogen-bond acceptors (Lipinski definition) is 3. The number of benzene rings is 1. The highest BCUT2D eigenvalue weighted by atomic mass is 16.6. The smallest absolute Gasteiger partial charge is 0.315 e. The molecule has 1 unspecified atom stereocenters. The molecule has 0 radical (unpaired) electrons. The fourth-order valence-electron chi connectivity index (χ4n) is 2.25. The average molecular weight is 301 g/mol. The summed E-state index contributed by atoms with van der Waals surface area (Å²) in [6.07, 6.45) is 2.40. The van der Waals surface area contributed by atoms with Crippen LogP contribution < -0.4 is 4.74 Å². The average Bonchev–Trinajstić information content (AvgIpc) is 2.97. The number of methoxy groups -OCH3 is 1. The van der Waals surface area contributed by atoms with Gasteiger partial charge in [0.2, 0.25) is 0 Å². The van der Waals surface area contributed by atoms with E-state index in [0.717, 1.165) is 17.0 Å². The molecule has 4 nitrogen and oxygen atoms in total. The summed E-state index contributed by atoms with van der Waals surface area (Å²) in [4.78, 5) is 15.6. The molecule has 0 bridgehead atoms. The fourth-order valence-corrected chi connectivity index (χ4v) is 2.25. The Morgan fingerprint density at radius 2 is 1.86 bits per heavy atom. The molecule has 0 fully saturated rings. The van der Waals surface area contributed by atoms with Crippen molar-refractivity contribution in [3.63, 3.8) is 0 Å². The Morgan fingerprint density at radius 1 is 1.18 bits per heavy atom. The van der Waals surface area contributed by atoms with Gasteiger partial charge in [0.25, 0.3) is 0 Å². The molecule has 1 N–H and O–H groups in total. The van der Waals surface area contributed by atoms with Crippen LogP contribution in [0.25, 0.3) is 0 Å². The number of carbonyl (C=O) groups is 1. The fraction of sp³-hybridized carbons (Fsp3) is 0.389. The van der Waals surface area contributed by atoms with Crippen molar-refractivity contribution in [2.75, 3.05) is 7.11 Å². The second kappa shape index (κ2) is 6.69. The maximum Gasteiger partial charge on any atom is 0.315 e. The SMILES string of the molecule is COc1ccc(CC(C(=O)OC(C)(C)C)c2ccc[nH]2)cc1. The molecule has 1 atom stereocenters. The van der Waals surface area contributed by atoms with Crippen molar-refractivity contribution >= 4 is 5.97 Å². The van der Waals surface area contributed by atoms with Gasteiger partial charge in [-0.3, -0.25) is 4.79 Å². The van der Waals surface area contributed by atoms with Gasteiger partial charge in [-0.15, -0.1) is 0 Å². The van der Waals surface area contributed by atoms with E-state index in [-0.39, 0.29) is 11.9 Å². The summed E-state index contributed by atoms with van der Waals surface area (Å²) in [5.41, 5.74) is 1.43. The molecular weight excluding hydrogens is 278 g/mol. The number of H-pyrrole nitrogens is 1. The second-order valence-electron chi connectivity index (χ2n) is 6.26. The molecule has 0 spiro atoms. The van der Waals surface area contributed by atoms with Crippen molar-refractivity contribution < 1.29 is 14.3 Å². The van der Waals surface area contributed by atoms with Crippen molar-refractivity contribution in [3.8, 4) is 5.75 Å². The minimum atomic E-state index is -0.498. The standard InChI is InChI=1S/C18H23NO3/c1-18(2,3)22-17(20)15(16-6-5-11-19-16)12-13-7-9-14(21-4)10-8-13/h5-11,15,19H,12H2,1-4H3. The quantitative estimate of drug-likeness (QED) is 0.857. The number of nitrogens with one attached hydrogen (secondary N) is 1. The summed E-state index contributed by atoms with van der Waals surface area (Å²) < 4.78 is 10.7. The zero-order chi connectivity index (χ0) is 16.2. The third-order valence-electron chi connectivity index (χ3n) is 3.29. The molecule has 0 amide bonds. The molecule has 22 heavy (non-hydrogen) atoms. The summed E-state index contributed by atoms with van der Waals surface area (Å²) in [5, 5.41) is 0. The highest BCUT2D eigenvalue weighted by Crippen LogP contribution is 2.24. The van der Waals surface area contributed by atoms with E-state index in [1.807, 2.05) is 63.4 Å². The first-order chi connectivity index (χ1) is 10.4. The van der Waals surface area contributed by atoms with Crippen LogP contribution in [0.1, 0.15) is 37.9 Å². The lowest BCUT2D eigenvalue weighted by Gasteiger charge is -2.23. The van der Waals surface area contributed by atoms with Crippen LogP contribution in [0, 0.1) is 0 Å². The van der Waals surface area contributed by atoms with Gasteiger partial charge in [-0.05, 0) is 57.0 Å². The van der Waals surface area contributed by atoms with Gasteiger partial charge < -0.3 is 14.5 Å². The summed E-state index contributed by atoms with van der Waals surface area (Å²) in [6.45, 7) is 5.64. The van der Waals surface area contributed by atoms with Gasteiger partial charge in [0.15, 0.2) is 0 Å². The molecule has 1 aromatic carbocycles. The van der Waals surface area contributed by atoms with E-state index in [1.54, 1.807) is 7.11 Å². The van der Waals surface area contributed by atoms with Crippen molar-refractivity contribution in [2.45, 2.75) is 38.7 Å². The summed E-state index contributed by atoms with van der Waals surface area (Å²) in [6, 6.07) is 11.5. The van der Waals surface area contributed by atoms with Gasteiger partial charge in [0.1, 0.15) is 17.3 Å². The lowest BCUT2D eigenvalue weighted by atomic mass is 9.96. The summed E-state index contributed by atoms with van der Waals surface area (Å²) in [5.74, 6) is 0.242. The maximum atomic E-state index is 12.5. The second-order valence-corrected chi connectivity index (χ2v) is 6.26. The van der Waals surface area contributed by atoms with Gasteiger partial charge in [-0.25, -0.2) is 0 Å². The molecule has 4 heteroatoms. The number of aromatic nitrogens is 1. The minimum Gasteiger partial charge on any atom is -0.497 e. The molecule has 2 rings (SSSR count). The summed E-state index contributed by atoms with van der Waals surface area (Å²) >= 11 is 0. The molecule has 2 aromatic rings. The van der Waals surface area contributed by atoms with Gasteiger partial charge in [-0.1, -0.05) is 12.1 Å². The van der Waals surface area contributed by atoms with Crippen molar-refractivity contribution in [1.82, 2.24) is 4.98 Å². The lowest BCUT2D eigenvalue weighted by Crippen LogP contribution is -2.29. The topological polar surface area (TPSA) is 51.3 Å². The van der Waals surface area contributed by atoms with E-state index in [1.165, 1.54) is 0 Å². The first-order valence-corrected chi connectivity index (χ1v) is 7.38. The van der Waals surface area contributed by atoms with E-state index in [4.69, 9.17) is 9.47 Å². The Morgan fingerprint density at radius 3 is 2.36 bits per heavy atom. The molecular formula is C18H23NO3. The molecule has 1 heterocycles. The van der Waals surface area contributed by atoms with Crippen LogP contribution in [0.5, 0.6) is 5.75 Å². The monoisotopic (exact) mass is 301 g/mol. The molecule has 118 valence electrons. The van der Waals surface area contributed by atoms with Crippen LogP contribution in [0.4, 0.5) is 0 Å². The first kappa shape index (κ1) is 16.1. The molecule has 0 aliphatic carbocycles. The normalized spacial score (nSPS) is 12.7. The van der Waals surface area contributed by atoms with Crippen LogP contribution in [0.2, 0.25) is 0 Å². The van der Waals surface area contributed by atoms with E-state index in [2.05, 4.69) is 4.98 Å². The van der Waals surface area contributed by atoms with Gasteiger partial charge in [-0.2, -0.15) is 0 Å². The van der Waals surface area contributed by atoms with Crippen LogP contribution in [0.3, 0.4) is 0 Å². The predicted octanol–water partition coefficient (Wildman–Crippen LogP) is 3.69. The van der Waals surface area contributed by atoms with E-state index < -0.39 is 5.60 Å². The molecule has 0 saturated carbocycles.